The number of hydrogen-bond acceptors (Lipinski definition) is 4. The van der Waals surface area contributed by atoms with Crippen LogP contribution in [-0.4, -0.2) is 25.0 Å². The Morgan fingerprint density at radius 2 is 1.85 bits per heavy atom. The van der Waals surface area contributed by atoms with E-state index in [4.69, 9.17) is 21.1 Å². The number of ether oxygens (including phenoxy) is 2. The summed E-state index contributed by atoms with van der Waals surface area (Å²) in [7, 11) is 1.35. The number of halogens is 1. The number of carbonyl (C=O) groups is 2. The third kappa shape index (κ3) is 4.22. The average molecular weight is 385 g/mol. The van der Waals surface area contributed by atoms with Crippen LogP contribution in [0.5, 0.6) is 5.75 Å². The van der Waals surface area contributed by atoms with Gasteiger partial charge in [0.05, 0.1) is 23.8 Å². The number of aryl methyl sites for hydroxylation is 1. The van der Waals surface area contributed by atoms with E-state index < -0.39 is 0 Å². The maximum absolute atomic E-state index is 13.0. The maximum Gasteiger partial charge on any atom is 0.337 e. The predicted octanol–water partition coefficient (Wildman–Crippen LogP) is 5.13. The highest BCUT2D eigenvalue weighted by Crippen LogP contribution is 2.35. The first kappa shape index (κ1) is 19.2. The Morgan fingerprint density at radius 3 is 2.48 bits per heavy atom. The number of allylic oxidation sites excluding steroid dienone is 1. The topological polar surface area (TPSA) is 52.6 Å². The standard InChI is InChI=1S/C22H21ClO4/c1-13(2)27-20-12-18-16(11-19(20)23)8-9-17(21(18)24)10-14-4-6-15(7-5-14)22(25)26-3/h4-7,10-13H,8-9H2,1-3H3/b17-10+. The van der Waals surface area contributed by atoms with Gasteiger partial charge in [0, 0.05) is 11.1 Å². The van der Waals surface area contributed by atoms with Gasteiger partial charge in [0.25, 0.3) is 0 Å². The first-order chi connectivity index (χ1) is 12.9. The predicted molar refractivity (Wildman–Crippen MR) is 106 cm³/mol. The molecule has 27 heavy (non-hydrogen) atoms. The SMILES string of the molecule is COC(=O)c1ccc(/C=C2\CCc3cc(Cl)c(OC(C)C)cc3C2=O)cc1. The second-order valence-electron chi connectivity index (χ2n) is 6.72. The fourth-order valence-corrected chi connectivity index (χ4v) is 3.32. The third-order valence-corrected chi connectivity index (χ3v) is 4.69. The molecule has 0 fully saturated rings. The Morgan fingerprint density at radius 1 is 1.15 bits per heavy atom. The van der Waals surface area contributed by atoms with Crippen LogP contribution in [0.1, 0.15) is 52.1 Å². The summed E-state index contributed by atoms with van der Waals surface area (Å²) in [5.74, 6) is 0.132. The largest absolute Gasteiger partial charge is 0.489 e. The highest BCUT2D eigenvalue weighted by atomic mass is 35.5. The van der Waals surface area contributed by atoms with Crippen LogP contribution in [0.4, 0.5) is 0 Å². The van der Waals surface area contributed by atoms with E-state index in [0.29, 0.717) is 28.3 Å². The fourth-order valence-electron chi connectivity index (χ4n) is 3.09. The zero-order valence-electron chi connectivity index (χ0n) is 15.5. The molecule has 4 nitrogen and oxygen atoms in total. The van der Waals surface area contributed by atoms with Crippen molar-refractivity contribution in [3.63, 3.8) is 0 Å². The third-order valence-electron chi connectivity index (χ3n) is 4.39. The molecule has 0 saturated heterocycles. The van der Waals surface area contributed by atoms with Crippen LogP contribution in [0.2, 0.25) is 5.02 Å². The summed E-state index contributed by atoms with van der Waals surface area (Å²) in [5.41, 5.74) is 3.65. The number of hydrogen-bond donors (Lipinski definition) is 0. The quantitative estimate of drug-likeness (QED) is 0.542. The molecule has 0 amide bonds. The number of esters is 1. The molecule has 0 radical (unpaired) electrons. The first-order valence-electron chi connectivity index (χ1n) is 8.81. The van der Waals surface area contributed by atoms with Gasteiger partial charge in [-0.2, -0.15) is 0 Å². The van der Waals surface area contributed by atoms with E-state index in [9.17, 15) is 9.59 Å². The lowest BCUT2D eigenvalue weighted by atomic mass is 9.86. The van der Waals surface area contributed by atoms with E-state index in [1.807, 2.05) is 26.0 Å². The molecular formula is C22H21ClO4. The minimum Gasteiger partial charge on any atom is -0.489 e. The smallest absolute Gasteiger partial charge is 0.337 e. The number of rotatable bonds is 4. The molecule has 0 N–H and O–H groups in total. The van der Waals surface area contributed by atoms with Crippen molar-refractivity contribution in [2.75, 3.05) is 7.11 Å². The number of methoxy groups -OCH3 is 1. The Bertz CT molecular complexity index is 911. The molecule has 2 aromatic carbocycles. The fraction of sp³-hybridized carbons (Fsp3) is 0.273. The molecule has 0 saturated carbocycles. The summed E-state index contributed by atoms with van der Waals surface area (Å²) >= 11 is 6.28. The minimum absolute atomic E-state index is 0.0152. The zero-order chi connectivity index (χ0) is 19.6. The molecule has 3 rings (SSSR count). The Balaban J connectivity index is 1.89. The molecule has 140 valence electrons. The lowest BCUT2D eigenvalue weighted by Crippen LogP contribution is -2.15. The number of fused-ring (bicyclic) bond motifs is 1. The van der Waals surface area contributed by atoms with Gasteiger partial charge >= 0.3 is 5.97 Å². The molecule has 2 aromatic rings. The molecular weight excluding hydrogens is 364 g/mol. The van der Waals surface area contributed by atoms with Crippen molar-refractivity contribution in [2.24, 2.45) is 0 Å². The van der Waals surface area contributed by atoms with Crippen molar-refractivity contribution in [3.8, 4) is 5.75 Å². The van der Waals surface area contributed by atoms with Crippen LogP contribution in [0.3, 0.4) is 0 Å². The van der Waals surface area contributed by atoms with Crippen LogP contribution in [0.25, 0.3) is 6.08 Å². The van der Waals surface area contributed by atoms with Crippen molar-refractivity contribution in [3.05, 3.63) is 69.2 Å². The van der Waals surface area contributed by atoms with E-state index in [1.54, 1.807) is 30.3 Å². The van der Waals surface area contributed by atoms with Crippen LogP contribution in [0.15, 0.2) is 42.0 Å². The van der Waals surface area contributed by atoms with Gasteiger partial charge in [0.2, 0.25) is 0 Å². The summed E-state index contributed by atoms with van der Waals surface area (Å²) in [6.07, 6.45) is 3.23. The Hall–Kier alpha value is -2.59. The van der Waals surface area contributed by atoms with Gasteiger partial charge in [0.1, 0.15) is 5.75 Å². The second kappa shape index (κ2) is 7.97. The molecule has 0 atom stereocenters. The monoisotopic (exact) mass is 384 g/mol. The van der Waals surface area contributed by atoms with E-state index in [2.05, 4.69) is 0 Å². The molecule has 0 spiro atoms. The van der Waals surface area contributed by atoms with Gasteiger partial charge in [-0.15, -0.1) is 0 Å². The van der Waals surface area contributed by atoms with Crippen molar-refractivity contribution in [2.45, 2.75) is 32.8 Å². The van der Waals surface area contributed by atoms with E-state index in [0.717, 1.165) is 23.1 Å². The Kier molecular flexibility index (Phi) is 5.66. The van der Waals surface area contributed by atoms with Crippen molar-refractivity contribution >= 4 is 29.4 Å². The van der Waals surface area contributed by atoms with Crippen molar-refractivity contribution in [1.29, 1.82) is 0 Å². The molecule has 0 unspecified atom stereocenters. The maximum atomic E-state index is 13.0. The van der Waals surface area contributed by atoms with E-state index in [-0.39, 0.29) is 17.9 Å². The molecule has 5 heteroatoms. The number of ketones is 1. The van der Waals surface area contributed by atoms with E-state index >= 15 is 0 Å². The highest BCUT2D eigenvalue weighted by Gasteiger charge is 2.24. The summed E-state index contributed by atoms with van der Waals surface area (Å²) in [5, 5.41) is 0.529. The van der Waals surface area contributed by atoms with E-state index in [1.165, 1.54) is 7.11 Å². The molecule has 1 aliphatic rings. The van der Waals surface area contributed by atoms with Gasteiger partial charge in [0.15, 0.2) is 5.78 Å². The van der Waals surface area contributed by atoms with Crippen LogP contribution < -0.4 is 4.74 Å². The number of carbonyl (C=O) groups excluding carboxylic acids is 2. The normalized spacial score (nSPS) is 15.0. The van der Waals surface area contributed by atoms with Crippen LogP contribution in [-0.2, 0) is 11.2 Å². The lowest BCUT2D eigenvalue weighted by Gasteiger charge is -2.20. The van der Waals surface area contributed by atoms with Gasteiger partial charge in [-0.3, -0.25) is 4.79 Å². The van der Waals surface area contributed by atoms with Gasteiger partial charge in [-0.25, -0.2) is 4.79 Å². The van der Waals surface area contributed by atoms with Gasteiger partial charge in [-0.05, 0) is 68.2 Å². The lowest BCUT2D eigenvalue weighted by molar-refractivity contribution is 0.0600. The molecule has 0 bridgehead atoms. The zero-order valence-corrected chi connectivity index (χ0v) is 16.3. The average Bonchev–Trinajstić information content (AvgIpc) is 2.65. The van der Waals surface area contributed by atoms with Gasteiger partial charge in [-0.1, -0.05) is 23.7 Å². The van der Waals surface area contributed by atoms with Crippen molar-refractivity contribution < 1.29 is 19.1 Å². The molecule has 1 aliphatic carbocycles. The Labute approximate surface area is 163 Å². The number of Topliss-reactive ketones (excluding diaryl/α,β-unsaturated/α-hetero) is 1. The number of benzene rings is 2. The minimum atomic E-state index is -0.383. The van der Waals surface area contributed by atoms with Crippen molar-refractivity contribution in [1.82, 2.24) is 0 Å². The summed E-state index contributed by atoms with van der Waals surface area (Å²) in [6.45, 7) is 3.84. The summed E-state index contributed by atoms with van der Waals surface area (Å²) < 4.78 is 10.4. The second-order valence-corrected chi connectivity index (χ2v) is 7.13. The highest BCUT2D eigenvalue weighted by molar-refractivity contribution is 6.32. The summed E-state index contributed by atoms with van der Waals surface area (Å²) in [6, 6.07) is 10.6. The first-order valence-corrected chi connectivity index (χ1v) is 9.19. The van der Waals surface area contributed by atoms with Crippen LogP contribution in [0, 0.1) is 0 Å². The molecule has 0 aliphatic heterocycles. The summed E-state index contributed by atoms with van der Waals surface area (Å²) in [4.78, 5) is 24.5. The van der Waals surface area contributed by atoms with Gasteiger partial charge < -0.3 is 9.47 Å². The molecule has 0 aromatic heterocycles. The van der Waals surface area contributed by atoms with Crippen LogP contribution >= 0.6 is 11.6 Å². The molecule has 0 heterocycles.